The highest BCUT2D eigenvalue weighted by atomic mass is 32.2. The van der Waals surface area contributed by atoms with Crippen LogP contribution < -0.4 is 26.6 Å². The molecule has 0 aliphatic rings. The number of carbonyl (C=O) groups is 1. The van der Waals surface area contributed by atoms with Gasteiger partial charge in [0.15, 0.2) is 10.6 Å². The number of para-hydroxylation sites is 1. The van der Waals surface area contributed by atoms with Crippen molar-refractivity contribution in [3.05, 3.63) is 210 Å². The van der Waals surface area contributed by atoms with E-state index in [4.69, 9.17) is 4.74 Å². The van der Waals surface area contributed by atoms with Crippen LogP contribution in [0.1, 0.15) is 32.6 Å². The van der Waals surface area contributed by atoms with Crippen LogP contribution in [0.15, 0.2) is 187 Å². The first-order valence-corrected chi connectivity index (χ1v) is 21.8. The van der Waals surface area contributed by atoms with Crippen molar-refractivity contribution in [2.24, 2.45) is 0 Å². The Kier molecular flexibility index (Phi) is 14.1. The SMILES string of the molecule is C[S+](=O)(CC(=O)c1ccc(Oc2ccccc2)cc1)c1ccccc1.FC(F)(F)c1ccc([B-](c2ccc(C(F)(F)F)cc2)(c2ccc(C(F)(F)F)cc2)c2ccc(C(F)(F)F)cc2)cc1. The molecule has 3 nitrogen and oxygen atoms in total. The molecule has 0 bridgehead atoms. The molecule has 0 saturated carbocycles. The molecule has 0 fully saturated rings. The van der Waals surface area contributed by atoms with E-state index in [1.807, 2.05) is 48.5 Å². The van der Waals surface area contributed by atoms with E-state index < -0.39 is 63.0 Å². The Balaban J connectivity index is 0.000000245. The third-order valence-corrected chi connectivity index (χ3v) is 12.8. The molecule has 0 heterocycles. The van der Waals surface area contributed by atoms with Gasteiger partial charge in [0, 0.05) is 5.56 Å². The number of hydrogen-bond acceptors (Lipinski definition) is 3. The zero-order valence-corrected chi connectivity index (χ0v) is 35.1. The van der Waals surface area contributed by atoms with Crippen molar-refractivity contribution in [2.75, 3.05) is 12.0 Å². The second-order valence-corrected chi connectivity index (χ2v) is 17.9. The van der Waals surface area contributed by atoms with Crippen molar-refractivity contribution in [3.63, 3.8) is 0 Å². The Morgan fingerprint density at radius 1 is 0.424 bits per heavy atom. The second-order valence-electron chi connectivity index (χ2n) is 15.2. The molecule has 0 spiro atoms. The van der Waals surface area contributed by atoms with Gasteiger partial charge in [0.2, 0.25) is 5.78 Å². The van der Waals surface area contributed by atoms with E-state index in [0.29, 0.717) is 64.7 Å². The van der Waals surface area contributed by atoms with Gasteiger partial charge in [-0.2, -0.15) is 74.5 Å². The molecule has 7 rings (SSSR count). The Bertz CT molecular complexity index is 2520. The zero-order chi connectivity index (χ0) is 48.1. The van der Waals surface area contributed by atoms with E-state index in [9.17, 15) is 61.7 Å². The van der Waals surface area contributed by atoms with Gasteiger partial charge in [-0.05, 0) is 48.5 Å². The van der Waals surface area contributed by atoms with Gasteiger partial charge in [-0.15, -0.1) is 0 Å². The van der Waals surface area contributed by atoms with Crippen LogP contribution in [0.4, 0.5) is 52.7 Å². The quantitative estimate of drug-likeness (QED) is 0.0594. The van der Waals surface area contributed by atoms with Crippen LogP contribution in [-0.2, 0) is 38.8 Å². The predicted molar refractivity (Wildman–Crippen MR) is 231 cm³/mol. The first kappa shape index (κ1) is 48.8. The van der Waals surface area contributed by atoms with Crippen molar-refractivity contribution >= 4 is 43.7 Å². The Morgan fingerprint density at radius 2 is 0.712 bits per heavy atom. The highest BCUT2D eigenvalue weighted by molar-refractivity contribution is 8.03. The third kappa shape index (κ3) is 11.4. The molecule has 17 heteroatoms. The van der Waals surface area contributed by atoms with Gasteiger partial charge in [-0.25, -0.2) is 0 Å². The van der Waals surface area contributed by atoms with Gasteiger partial charge in [0.1, 0.15) is 33.8 Å². The van der Waals surface area contributed by atoms with E-state index in [0.717, 1.165) is 54.3 Å². The largest absolute Gasteiger partial charge is 0.457 e. The van der Waals surface area contributed by atoms with E-state index in [1.54, 1.807) is 42.7 Å². The number of Topliss-reactive ketones (excluding diaryl/α,β-unsaturated/α-hetero) is 1. The molecule has 66 heavy (non-hydrogen) atoms. The lowest BCUT2D eigenvalue weighted by Gasteiger charge is -2.44. The minimum Gasteiger partial charge on any atom is -0.457 e. The fourth-order valence-electron chi connectivity index (χ4n) is 7.46. The van der Waals surface area contributed by atoms with Crippen LogP contribution in [-0.4, -0.2) is 23.9 Å². The van der Waals surface area contributed by atoms with Crippen molar-refractivity contribution in [1.82, 2.24) is 0 Å². The summed E-state index contributed by atoms with van der Waals surface area (Å²) in [6, 6.07) is 39.0. The molecule has 0 aliphatic heterocycles. The highest BCUT2D eigenvalue weighted by Crippen LogP contribution is 2.33. The van der Waals surface area contributed by atoms with Gasteiger partial charge < -0.3 is 4.74 Å². The number of carbonyl (C=O) groups excluding carboxylic acids is 1. The number of ketones is 1. The molecule has 0 N–H and O–H groups in total. The minimum atomic E-state index is -4.77. The van der Waals surface area contributed by atoms with Crippen molar-refractivity contribution in [1.29, 1.82) is 0 Å². The van der Waals surface area contributed by atoms with Gasteiger partial charge in [-0.3, -0.25) is 4.79 Å². The Labute approximate surface area is 372 Å². The standard InChI is InChI=1S/C28H16BF12.C21H19O3S/c30-25(31,32)17-1-9-21(10-2-17)29(22-11-3-18(4-12-22)26(33,34)35,23-13-5-19(6-14-23)27(36,37)38)24-15-7-20(8-16-24)28(39,40)41;1-25(23,20-10-6-3-7-11-20)16-21(22)17-12-14-19(15-13-17)24-18-8-4-2-5-9-18/h1-16H;2-15H,16H2,1H3/q-1;+1. The molecular weight excluding hydrogens is 907 g/mol. The maximum atomic E-state index is 13.3. The van der Waals surface area contributed by atoms with Gasteiger partial charge in [0.05, 0.1) is 22.3 Å². The summed E-state index contributed by atoms with van der Waals surface area (Å²) in [6.07, 6.45) is -20.4. The third-order valence-electron chi connectivity index (χ3n) is 10.8. The summed E-state index contributed by atoms with van der Waals surface area (Å²) >= 11 is 0. The van der Waals surface area contributed by atoms with Crippen LogP contribution >= 0.6 is 0 Å². The summed E-state index contributed by atoms with van der Waals surface area (Å²) in [7, 11) is -2.40. The number of benzene rings is 7. The van der Waals surface area contributed by atoms with Gasteiger partial charge in [0.25, 0.3) is 0 Å². The molecular formula is C49H35BF12O3S. The molecule has 0 radical (unpaired) electrons. The summed E-state index contributed by atoms with van der Waals surface area (Å²) in [5.41, 5.74) is -3.76. The molecule has 342 valence electrons. The van der Waals surface area contributed by atoms with Crippen LogP contribution in [0.2, 0.25) is 0 Å². The average Bonchev–Trinajstić information content (AvgIpc) is 3.27. The van der Waals surface area contributed by atoms with Crippen molar-refractivity contribution in [3.8, 4) is 11.5 Å². The van der Waals surface area contributed by atoms with E-state index >= 15 is 0 Å². The molecule has 7 aromatic carbocycles. The Morgan fingerprint density at radius 3 is 1.02 bits per heavy atom. The van der Waals surface area contributed by atoms with Gasteiger partial charge >= 0.3 is 24.7 Å². The number of ether oxygens (including phenoxy) is 1. The monoisotopic (exact) mass is 942 g/mol. The molecule has 0 saturated heterocycles. The summed E-state index contributed by atoms with van der Waals surface area (Å²) in [5, 5.41) is 0. The Hall–Kier alpha value is -6.62. The summed E-state index contributed by atoms with van der Waals surface area (Å²) in [5.74, 6) is 1.25. The summed E-state index contributed by atoms with van der Waals surface area (Å²) in [6.45, 7) is 0. The lowest BCUT2D eigenvalue weighted by atomic mass is 9.13. The van der Waals surface area contributed by atoms with Crippen LogP contribution in [0.5, 0.6) is 11.5 Å². The first-order valence-electron chi connectivity index (χ1n) is 19.6. The van der Waals surface area contributed by atoms with Crippen LogP contribution in [0.25, 0.3) is 0 Å². The van der Waals surface area contributed by atoms with E-state index in [1.165, 1.54) is 0 Å². The lowest BCUT2D eigenvalue weighted by molar-refractivity contribution is -0.138. The van der Waals surface area contributed by atoms with Gasteiger partial charge in [-0.1, -0.05) is 138 Å². The topological polar surface area (TPSA) is 43.4 Å². The first-order chi connectivity index (χ1) is 30.9. The second kappa shape index (κ2) is 19.1. The average molecular weight is 943 g/mol. The minimum absolute atomic E-state index is 0.00407. The molecule has 7 aromatic rings. The number of alkyl halides is 12. The molecule has 0 aromatic heterocycles. The van der Waals surface area contributed by atoms with Crippen LogP contribution in [0.3, 0.4) is 0 Å². The smallest absolute Gasteiger partial charge is 0.416 e. The summed E-state index contributed by atoms with van der Waals surface area (Å²) < 4.78 is 179. The molecule has 0 aliphatic carbocycles. The molecule has 1 unspecified atom stereocenters. The molecule has 0 amide bonds. The zero-order valence-electron chi connectivity index (χ0n) is 34.3. The maximum Gasteiger partial charge on any atom is 0.416 e. The fraction of sp³-hybridized carbons (Fsp3) is 0.122. The normalized spacial score (nSPS) is 13.2. The van der Waals surface area contributed by atoms with E-state index in [-0.39, 0.29) is 33.4 Å². The van der Waals surface area contributed by atoms with Crippen molar-refractivity contribution in [2.45, 2.75) is 29.6 Å². The molecule has 1 atom stereocenters. The fourth-order valence-corrected chi connectivity index (χ4v) is 9.02. The van der Waals surface area contributed by atoms with Crippen LogP contribution in [0, 0.1) is 0 Å². The predicted octanol–water partition coefficient (Wildman–Crippen LogP) is 12.0. The van der Waals surface area contributed by atoms with Crippen molar-refractivity contribution < 1.29 is 66.4 Å². The van der Waals surface area contributed by atoms with E-state index in [2.05, 4.69) is 0 Å². The number of hydrogen-bond donors (Lipinski definition) is 0. The maximum absolute atomic E-state index is 13.3. The summed E-state index contributed by atoms with van der Waals surface area (Å²) in [4.78, 5) is 13.2. The highest BCUT2D eigenvalue weighted by Gasteiger charge is 2.38. The lowest BCUT2D eigenvalue weighted by Crippen LogP contribution is -2.74. The number of halogens is 12. The number of rotatable bonds is 10.